The van der Waals surface area contributed by atoms with Gasteiger partial charge in [-0.15, -0.1) is 6.58 Å². The van der Waals surface area contributed by atoms with Crippen LogP contribution < -0.4 is 5.32 Å². The molecule has 0 aliphatic rings. The van der Waals surface area contributed by atoms with Gasteiger partial charge in [0.05, 0.1) is 0 Å². The molecule has 1 N–H and O–H groups in total. The molecule has 2 nitrogen and oxygen atoms in total. The topological polar surface area (TPSA) is 21.3 Å². The predicted octanol–water partition coefficient (Wildman–Crippen LogP) is 1.97. The molecule has 0 bridgehead atoms. The lowest BCUT2D eigenvalue weighted by molar-refractivity contribution is 0.129. The van der Waals surface area contributed by atoms with E-state index in [0.29, 0.717) is 0 Å². The molecule has 0 saturated carbocycles. The Morgan fingerprint density at radius 2 is 2.08 bits per heavy atom. The molecule has 72 valence electrons. The molecule has 0 fully saturated rings. The minimum atomic E-state index is 0.879. The fraction of sp³-hybridized carbons (Fsp3) is 0.800. The van der Waals surface area contributed by atoms with Crippen LogP contribution in [0.1, 0.15) is 26.2 Å². The smallest absolute Gasteiger partial charge is 0.0478 e. The van der Waals surface area contributed by atoms with Crippen molar-refractivity contribution in [2.75, 3.05) is 26.3 Å². The number of hydrogen-bond donors (Lipinski definition) is 1. The van der Waals surface area contributed by atoms with E-state index in [9.17, 15) is 0 Å². The molecule has 0 unspecified atom stereocenters. The molecule has 0 aliphatic heterocycles. The lowest BCUT2D eigenvalue weighted by atomic mass is 10.4. The predicted molar refractivity (Wildman–Crippen MR) is 53.4 cm³/mol. The van der Waals surface area contributed by atoms with Crippen LogP contribution >= 0.6 is 0 Å². The van der Waals surface area contributed by atoms with Gasteiger partial charge in [0.2, 0.25) is 0 Å². The lowest BCUT2D eigenvalue weighted by Crippen LogP contribution is -2.16. The van der Waals surface area contributed by atoms with E-state index in [1.165, 1.54) is 12.8 Å². The highest BCUT2D eigenvalue weighted by Gasteiger charge is 1.87. The normalized spacial score (nSPS) is 10.1. The van der Waals surface area contributed by atoms with Gasteiger partial charge in [0.15, 0.2) is 0 Å². The maximum atomic E-state index is 5.39. The van der Waals surface area contributed by atoms with E-state index in [4.69, 9.17) is 4.74 Å². The van der Waals surface area contributed by atoms with Crippen molar-refractivity contribution in [1.82, 2.24) is 5.32 Å². The van der Waals surface area contributed by atoms with Crippen molar-refractivity contribution in [2.45, 2.75) is 26.2 Å². The zero-order valence-corrected chi connectivity index (χ0v) is 8.14. The van der Waals surface area contributed by atoms with Gasteiger partial charge in [0.25, 0.3) is 0 Å². The van der Waals surface area contributed by atoms with Crippen molar-refractivity contribution < 1.29 is 4.74 Å². The van der Waals surface area contributed by atoms with Crippen molar-refractivity contribution in [1.29, 1.82) is 0 Å². The van der Waals surface area contributed by atoms with Crippen LogP contribution in [-0.4, -0.2) is 26.3 Å². The second kappa shape index (κ2) is 10.7. The molecule has 0 radical (unpaired) electrons. The third kappa shape index (κ3) is 9.66. The Balaban J connectivity index is 2.77. The van der Waals surface area contributed by atoms with Crippen LogP contribution in [0.2, 0.25) is 0 Å². The zero-order valence-electron chi connectivity index (χ0n) is 8.14. The first-order valence-electron chi connectivity index (χ1n) is 4.81. The first-order chi connectivity index (χ1) is 5.91. The second-order valence-corrected chi connectivity index (χ2v) is 2.81. The fourth-order valence-corrected chi connectivity index (χ4v) is 0.852. The van der Waals surface area contributed by atoms with Crippen LogP contribution in [-0.2, 0) is 4.74 Å². The van der Waals surface area contributed by atoms with Crippen LogP contribution in [0.25, 0.3) is 0 Å². The molecule has 0 saturated heterocycles. The Morgan fingerprint density at radius 3 is 2.75 bits per heavy atom. The van der Waals surface area contributed by atoms with E-state index in [2.05, 4.69) is 18.8 Å². The minimum absolute atomic E-state index is 0.879. The van der Waals surface area contributed by atoms with E-state index in [-0.39, 0.29) is 0 Å². The molecular weight excluding hydrogens is 150 g/mol. The van der Waals surface area contributed by atoms with Crippen molar-refractivity contribution in [3.63, 3.8) is 0 Å². The summed E-state index contributed by atoms with van der Waals surface area (Å²) in [5.41, 5.74) is 0. The third-order valence-electron chi connectivity index (χ3n) is 1.57. The Kier molecular flexibility index (Phi) is 10.4. The maximum absolute atomic E-state index is 5.39. The average molecular weight is 171 g/mol. The van der Waals surface area contributed by atoms with Crippen molar-refractivity contribution in [2.24, 2.45) is 0 Å². The van der Waals surface area contributed by atoms with Gasteiger partial charge in [-0.1, -0.05) is 19.4 Å². The van der Waals surface area contributed by atoms with E-state index in [0.717, 1.165) is 32.7 Å². The van der Waals surface area contributed by atoms with Gasteiger partial charge < -0.3 is 10.1 Å². The van der Waals surface area contributed by atoms with E-state index in [1.807, 2.05) is 6.08 Å². The number of ether oxygens (including phenoxy) is 1. The van der Waals surface area contributed by atoms with E-state index < -0.39 is 0 Å². The Bertz CT molecular complexity index is 93.8. The highest BCUT2D eigenvalue weighted by molar-refractivity contribution is 4.68. The average Bonchev–Trinajstić information content (AvgIpc) is 2.10. The summed E-state index contributed by atoms with van der Waals surface area (Å²) in [5.74, 6) is 0. The SMILES string of the molecule is C=CCNCCCOCCCC. The summed E-state index contributed by atoms with van der Waals surface area (Å²) in [5, 5.41) is 3.23. The van der Waals surface area contributed by atoms with Gasteiger partial charge in [0.1, 0.15) is 0 Å². The number of rotatable bonds is 9. The Morgan fingerprint density at radius 1 is 1.33 bits per heavy atom. The molecule has 0 amide bonds. The van der Waals surface area contributed by atoms with E-state index in [1.54, 1.807) is 0 Å². The van der Waals surface area contributed by atoms with Crippen LogP contribution in [0, 0.1) is 0 Å². The van der Waals surface area contributed by atoms with Gasteiger partial charge in [-0.2, -0.15) is 0 Å². The van der Waals surface area contributed by atoms with Gasteiger partial charge >= 0.3 is 0 Å². The summed E-state index contributed by atoms with van der Waals surface area (Å²) in [6.07, 6.45) is 5.37. The second-order valence-electron chi connectivity index (χ2n) is 2.81. The lowest BCUT2D eigenvalue weighted by Gasteiger charge is -2.03. The summed E-state index contributed by atoms with van der Waals surface area (Å²) in [6.45, 7) is 9.52. The Hall–Kier alpha value is -0.340. The standard InChI is InChI=1S/C10H21NO/c1-3-5-9-12-10-6-8-11-7-4-2/h4,11H,2-3,5-10H2,1H3. The van der Waals surface area contributed by atoms with Gasteiger partial charge in [0, 0.05) is 19.8 Å². The van der Waals surface area contributed by atoms with Crippen LogP contribution in [0.15, 0.2) is 12.7 Å². The number of unbranched alkanes of at least 4 members (excludes halogenated alkanes) is 1. The summed E-state index contributed by atoms with van der Waals surface area (Å²) < 4.78 is 5.39. The van der Waals surface area contributed by atoms with Crippen molar-refractivity contribution >= 4 is 0 Å². The highest BCUT2D eigenvalue weighted by atomic mass is 16.5. The monoisotopic (exact) mass is 171 g/mol. The molecule has 0 heterocycles. The Labute approximate surface area is 76.0 Å². The molecule has 0 rings (SSSR count). The zero-order chi connectivity index (χ0) is 9.07. The molecule has 0 aliphatic carbocycles. The quantitative estimate of drug-likeness (QED) is 0.423. The molecule has 2 heteroatoms. The van der Waals surface area contributed by atoms with Crippen molar-refractivity contribution in [3.05, 3.63) is 12.7 Å². The number of hydrogen-bond acceptors (Lipinski definition) is 2. The van der Waals surface area contributed by atoms with E-state index >= 15 is 0 Å². The van der Waals surface area contributed by atoms with Gasteiger partial charge in [-0.25, -0.2) is 0 Å². The summed E-state index contributed by atoms with van der Waals surface area (Å²) >= 11 is 0. The van der Waals surface area contributed by atoms with Gasteiger partial charge in [-0.05, 0) is 19.4 Å². The largest absolute Gasteiger partial charge is 0.381 e. The molecular formula is C10H21NO. The van der Waals surface area contributed by atoms with Crippen LogP contribution in [0.5, 0.6) is 0 Å². The molecule has 0 atom stereocenters. The molecule has 12 heavy (non-hydrogen) atoms. The molecule has 0 aromatic rings. The summed E-state index contributed by atoms with van der Waals surface area (Å²) in [7, 11) is 0. The summed E-state index contributed by atoms with van der Waals surface area (Å²) in [4.78, 5) is 0. The fourth-order valence-electron chi connectivity index (χ4n) is 0.852. The first-order valence-corrected chi connectivity index (χ1v) is 4.81. The van der Waals surface area contributed by atoms with Crippen LogP contribution in [0.4, 0.5) is 0 Å². The molecule has 0 aromatic heterocycles. The maximum Gasteiger partial charge on any atom is 0.0478 e. The molecule has 0 spiro atoms. The number of nitrogens with one attached hydrogen (secondary N) is 1. The summed E-state index contributed by atoms with van der Waals surface area (Å²) in [6, 6.07) is 0. The highest BCUT2D eigenvalue weighted by Crippen LogP contribution is 1.88. The minimum Gasteiger partial charge on any atom is -0.381 e. The van der Waals surface area contributed by atoms with Crippen LogP contribution in [0.3, 0.4) is 0 Å². The van der Waals surface area contributed by atoms with Gasteiger partial charge in [-0.3, -0.25) is 0 Å². The first kappa shape index (κ1) is 11.7. The third-order valence-corrected chi connectivity index (χ3v) is 1.57. The van der Waals surface area contributed by atoms with Crippen molar-refractivity contribution in [3.8, 4) is 0 Å². The molecule has 0 aromatic carbocycles.